The van der Waals surface area contributed by atoms with Crippen molar-refractivity contribution in [3.63, 3.8) is 0 Å². The molecular formula is C18H19N3O4. The van der Waals surface area contributed by atoms with Crippen LogP contribution in [0.2, 0.25) is 0 Å². The maximum atomic E-state index is 12.4. The Morgan fingerprint density at radius 3 is 2.56 bits per heavy atom. The average Bonchev–Trinajstić information content (AvgIpc) is 2.64. The second kappa shape index (κ2) is 7.76. The van der Waals surface area contributed by atoms with Gasteiger partial charge in [0.2, 0.25) is 0 Å². The van der Waals surface area contributed by atoms with E-state index >= 15 is 0 Å². The van der Waals surface area contributed by atoms with Crippen LogP contribution < -0.4 is 15.0 Å². The molecule has 7 nitrogen and oxygen atoms in total. The van der Waals surface area contributed by atoms with Crippen molar-refractivity contribution < 1.29 is 14.6 Å². The quantitative estimate of drug-likeness (QED) is 0.703. The summed E-state index contributed by atoms with van der Waals surface area (Å²) in [5.74, 6) is 1.38. The van der Waals surface area contributed by atoms with Crippen molar-refractivity contribution in [1.82, 2.24) is 14.5 Å². The van der Waals surface area contributed by atoms with Gasteiger partial charge in [0.25, 0.3) is 5.56 Å². The Labute approximate surface area is 144 Å². The van der Waals surface area contributed by atoms with Gasteiger partial charge >= 0.3 is 0 Å². The highest BCUT2D eigenvalue weighted by Crippen LogP contribution is 2.17. The van der Waals surface area contributed by atoms with Crippen molar-refractivity contribution in [2.75, 3.05) is 13.2 Å². The van der Waals surface area contributed by atoms with Crippen molar-refractivity contribution in [3.8, 4) is 11.5 Å². The van der Waals surface area contributed by atoms with Gasteiger partial charge in [-0.15, -0.1) is 0 Å². The van der Waals surface area contributed by atoms with Gasteiger partial charge < -0.3 is 14.6 Å². The van der Waals surface area contributed by atoms with E-state index in [9.17, 15) is 9.90 Å². The molecule has 0 unspecified atom stereocenters. The Kier molecular flexibility index (Phi) is 5.25. The number of aliphatic hydroxyl groups excluding tert-OH is 1. The molecule has 130 valence electrons. The number of nitrogens with zero attached hydrogens (tertiary/aromatic N) is 3. The lowest BCUT2D eigenvalue weighted by Gasteiger charge is -2.14. The van der Waals surface area contributed by atoms with Crippen molar-refractivity contribution in [3.05, 3.63) is 59.3 Å². The molecule has 0 aliphatic heterocycles. The maximum absolute atomic E-state index is 12.4. The molecule has 3 aromatic rings. The Balaban J connectivity index is 1.62. The molecule has 0 saturated heterocycles. The number of pyridine rings is 1. The second-order valence-electron chi connectivity index (χ2n) is 5.45. The van der Waals surface area contributed by atoms with Gasteiger partial charge in [0.15, 0.2) is 5.65 Å². The molecule has 1 N–H and O–H groups in total. The van der Waals surface area contributed by atoms with E-state index in [-0.39, 0.29) is 18.7 Å². The van der Waals surface area contributed by atoms with Crippen LogP contribution in [-0.4, -0.2) is 39.0 Å². The van der Waals surface area contributed by atoms with Crippen LogP contribution in [0.3, 0.4) is 0 Å². The second-order valence-corrected chi connectivity index (χ2v) is 5.45. The van der Waals surface area contributed by atoms with Gasteiger partial charge in [0.05, 0.1) is 18.5 Å². The molecule has 0 fully saturated rings. The van der Waals surface area contributed by atoms with Gasteiger partial charge in [0, 0.05) is 6.20 Å². The van der Waals surface area contributed by atoms with E-state index in [0.717, 1.165) is 5.75 Å². The Morgan fingerprint density at radius 1 is 1.12 bits per heavy atom. The lowest BCUT2D eigenvalue weighted by Crippen LogP contribution is -2.30. The summed E-state index contributed by atoms with van der Waals surface area (Å²) in [5.41, 5.74) is 0.155. The number of benzene rings is 1. The molecule has 7 heteroatoms. The van der Waals surface area contributed by atoms with E-state index in [1.807, 2.05) is 6.92 Å². The fourth-order valence-electron chi connectivity index (χ4n) is 2.40. The minimum Gasteiger partial charge on any atom is -0.494 e. The summed E-state index contributed by atoms with van der Waals surface area (Å²) in [6, 6.07) is 10.5. The molecule has 0 aliphatic rings. The molecule has 0 bridgehead atoms. The zero-order valence-electron chi connectivity index (χ0n) is 13.8. The van der Waals surface area contributed by atoms with Crippen molar-refractivity contribution >= 4 is 11.0 Å². The molecule has 0 amide bonds. The van der Waals surface area contributed by atoms with Gasteiger partial charge in [-0.2, -0.15) is 0 Å². The normalized spacial score (nSPS) is 12.1. The molecule has 0 radical (unpaired) electrons. The van der Waals surface area contributed by atoms with Gasteiger partial charge in [0.1, 0.15) is 30.5 Å². The van der Waals surface area contributed by atoms with Crippen LogP contribution in [0.15, 0.2) is 53.7 Å². The molecule has 2 aromatic heterocycles. The number of hydrogen-bond donors (Lipinski definition) is 1. The van der Waals surface area contributed by atoms with Crippen LogP contribution >= 0.6 is 0 Å². The standard InChI is InChI=1S/C18H19N3O4/c1-2-24-14-5-7-15(8-6-14)25-11-13(22)10-21-12-20-17-16(18(21)23)4-3-9-19-17/h3-9,12-13,22H,2,10-11H2,1H3/t13-/m0/s1. The third kappa shape index (κ3) is 4.13. The van der Waals surface area contributed by atoms with Crippen molar-refractivity contribution in [2.45, 2.75) is 19.6 Å². The van der Waals surface area contributed by atoms with Gasteiger partial charge in [-0.25, -0.2) is 9.97 Å². The van der Waals surface area contributed by atoms with Crippen LogP contribution in [0.1, 0.15) is 6.92 Å². The smallest absolute Gasteiger partial charge is 0.262 e. The molecule has 25 heavy (non-hydrogen) atoms. The van der Waals surface area contributed by atoms with E-state index < -0.39 is 6.10 Å². The number of ether oxygens (including phenoxy) is 2. The highest BCUT2D eigenvalue weighted by atomic mass is 16.5. The predicted octanol–water partition coefficient (Wildman–Crippen LogP) is 1.63. The first-order chi connectivity index (χ1) is 12.2. The summed E-state index contributed by atoms with van der Waals surface area (Å²) in [6.07, 6.45) is 2.12. The van der Waals surface area contributed by atoms with Crippen molar-refractivity contribution in [2.24, 2.45) is 0 Å². The molecular weight excluding hydrogens is 322 g/mol. The lowest BCUT2D eigenvalue weighted by molar-refractivity contribution is 0.0914. The van der Waals surface area contributed by atoms with Crippen LogP contribution in [0, 0.1) is 0 Å². The summed E-state index contributed by atoms with van der Waals surface area (Å²) in [5, 5.41) is 10.6. The first kappa shape index (κ1) is 16.9. The van der Waals surface area contributed by atoms with E-state index in [4.69, 9.17) is 9.47 Å². The molecule has 1 atom stereocenters. The first-order valence-electron chi connectivity index (χ1n) is 8.01. The van der Waals surface area contributed by atoms with Crippen LogP contribution in [-0.2, 0) is 6.54 Å². The third-order valence-electron chi connectivity index (χ3n) is 3.58. The van der Waals surface area contributed by atoms with Crippen LogP contribution in [0.4, 0.5) is 0 Å². The summed E-state index contributed by atoms with van der Waals surface area (Å²) >= 11 is 0. The molecule has 3 rings (SSSR count). The Hall–Kier alpha value is -2.93. The van der Waals surface area contributed by atoms with E-state index in [2.05, 4.69) is 9.97 Å². The lowest BCUT2D eigenvalue weighted by atomic mass is 10.3. The zero-order chi connectivity index (χ0) is 17.6. The van der Waals surface area contributed by atoms with Gasteiger partial charge in [-0.3, -0.25) is 9.36 Å². The first-order valence-corrected chi connectivity index (χ1v) is 8.01. The van der Waals surface area contributed by atoms with E-state index in [1.54, 1.807) is 42.6 Å². The van der Waals surface area contributed by atoms with E-state index in [1.165, 1.54) is 10.9 Å². The minimum absolute atomic E-state index is 0.0610. The molecule has 1 aromatic carbocycles. The topological polar surface area (TPSA) is 86.5 Å². The number of aromatic nitrogens is 3. The molecule has 2 heterocycles. The molecule has 0 aliphatic carbocycles. The van der Waals surface area contributed by atoms with Gasteiger partial charge in [-0.05, 0) is 43.3 Å². The summed E-state index contributed by atoms with van der Waals surface area (Å²) in [6.45, 7) is 2.67. The average molecular weight is 341 g/mol. The number of hydrogen-bond acceptors (Lipinski definition) is 6. The minimum atomic E-state index is -0.847. The van der Waals surface area contributed by atoms with Crippen molar-refractivity contribution in [1.29, 1.82) is 0 Å². The number of aliphatic hydroxyl groups is 1. The van der Waals surface area contributed by atoms with Crippen LogP contribution in [0.5, 0.6) is 11.5 Å². The highest BCUT2D eigenvalue weighted by Gasteiger charge is 2.10. The molecule has 0 spiro atoms. The van der Waals surface area contributed by atoms with Gasteiger partial charge in [-0.1, -0.05) is 0 Å². The third-order valence-corrected chi connectivity index (χ3v) is 3.58. The maximum Gasteiger partial charge on any atom is 0.262 e. The summed E-state index contributed by atoms with van der Waals surface area (Å²) in [7, 11) is 0. The monoisotopic (exact) mass is 341 g/mol. The number of rotatable bonds is 7. The SMILES string of the molecule is CCOc1ccc(OC[C@@H](O)Cn2cnc3ncccc3c2=O)cc1. The fourth-order valence-corrected chi connectivity index (χ4v) is 2.40. The largest absolute Gasteiger partial charge is 0.494 e. The predicted molar refractivity (Wildman–Crippen MR) is 92.9 cm³/mol. The highest BCUT2D eigenvalue weighted by molar-refractivity contribution is 5.72. The van der Waals surface area contributed by atoms with E-state index in [0.29, 0.717) is 23.4 Å². The Bertz CT molecular complexity index is 893. The summed E-state index contributed by atoms with van der Waals surface area (Å²) in [4.78, 5) is 20.5. The fraction of sp³-hybridized carbons (Fsp3) is 0.278. The zero-order valence-corrected chi connectivity index (χ0v) is 13.8. The molecule has 0 saturated carbocycles. The summed E-state index contributed by atoms with van der Waals surface area (Å²) < 4.78 is 12.3. The Morgan fingerprint density at radius 2 is 1.84 bits per heavy atom. The van der Waals surface area contributed by atoms with Crippen LogP contribution in [0.25, 0.3) is 11.0 Å². The number of fused-ring (bicyclic) bond motifs is 1.